The highest BCUT2D eigenvalue weighted by Gasteiger charge is 1.79. The molecule has 0 saturated carbocycles. The monoisotopic (exact) mass is 204 g/mol. The van der Waals surface area contributed by atoms with Gasteiger partial charge >= 0.3 is 0 Å². The zero-order chi connectivity index (χ0) is 10.1. The van der Waals surface area contributed by atoms with Gasteiger partial charge in [0.15, 0.2) is 0 Å². The standard InChI is InChI=1S/C13H13Cl/c14-12-8-3-1-2-5-9-13-10-6-4-7-11-13/h1-2,4,6-7,10-11H,3,8,12H2/b2-1+. The van der Waals surface area contributed by atoms with Gasteiger partial charge < -0.3 is 0 Å². The lowest BCUT2D eigenvalue weighted by Gasteiger charge is -1.85. The molecule has 0 saturated heterocycles. The van der Waals surface area contributed by atoms with E-state index in [0.717, 1.165) is 24.3 Å². The van der Waals surface area contributed by atoms with Gasteiger partial charge in [0.2, 0.25) is 0 Å². The van der Waals surface area contributed by atoms with Crippen LogP contribution in [0.5, 0.6) is 0 Å². The van der Waals surface area contributed by atoms with Gasteiger partial charge in [0, 0.05) is 11.4 Å². The van der Waals surface area contributed by atoms with Gasteiger partial charge in [-0.05, 0) is 31.1 Å². The Labute approximate surface area is 90.6 Å². The van der Waals surface area contributed by atoms with Crippen molar-refractivity contribution in [2.24, 2.45) is 0 Å². The van der Waals surface area contributed by atoms with Crippen molar-refractivity contribution < 1.29 is 0 Å². The van der Waals surface area contributed by atoms with Crippen LogP contribution in [0.3, 0.4) is 0 Å². The van der Waals surface area contributed by atoms with Crippen LogP contribution < -0.4 is 0 Å². The molecule has 0 atom stereocenters. The van der Waals surface area contributed by atoms with Gasteiger partial charge in [0.1, 0.15) is 0 Å². The predicted molar refractivity (Wildman–Crippen MR) is 62.4 cm³/mol. The van der Waals surface area contributed by atoms with E-state index in [1.54, 1.807) is 0 Å². The molecule has 0 bridgehead atoms. The van der Waals surface area contributed by atoms with E-state index in [9.17, 15) is 0 Å². The molecule has 0 amide bonds. The Hall–Kier alpha value is -1.19. The molecular formula is C13H13Cl. The molecule has 0 aliphatic carbocycles. The van der Waals surface area contributed by atoms with Crippen LogP contribution in [0.15, 0.2) is 42.5 Å². The van der Waals surface area contributed by atoms with Crippen molar-refractivity contribution in [3.8, 4) is 11.8 Å². The van der Waals surface area contributed by atoms with Crippen LogP contribution in [0.4, 0.5) is 0 Å². The van der Waals surface area contributed by atoms with Crippen molar-refractivity contribution in [3.63, 3.8) is 0 Å². The average Bonchev–Trinajstić information content (AvgIpc) is 2.25. The molecule has 0 heterocycles. The number of halogens is 1. The first-order valence-electron chi connectivity index (χ1n) is 4.71. The minimum atomic E-state index is 0.719. The first kappa shape index (κ1) is 10.9. The van der Waals surface area contributed by atoms with Crippen LogP contribution in [-0.2, 0) is 0 Å². The highest BCUT2D eigenvalue weighted by atomic mass is 35.5. The van der Waals surface area contributed by atoms with E-state index in [1.165, 1.54) is 0 Å². The molecule has 0 spiro atoms. The summed E-state index contributed by atoms with van der Waals surface area (Å²) in [7, 11) is 0. The van der Waals surface area contributed by atoms with Gasteiger partial charge in [0.05, 0.1) is 0 Å². The Morgan fingerprint density at radius 3 is 2.71 bits per heavy atom. The Morgan fingerprint density at radius 2 is 2.00 bits per heavy atom. The third-order valence-corrected chi connectivity index (χ3v) is 1.96. The van der Waals surface area contributed by atoms with Crippen LogP contribution in [0.2, 0.25) is 0 Å². The SMILES string of the molecule is ClCCC/C=C/C#Cc1ccccc1. The largest absolute Gasteiger partial charge is 0.127 e. The van der Waals surface area contributed by atoms with Gasteiger partial charge in [-0.25, -0.2) is 0 Å². The summed E-state index contributed by atoms with van der Waals surface area (Å²) in [6.07, 6.45) is 5.97. The van der Waals surface area contributed by atoms with Gasteiger partial charge in [-0.1, -0.05) is 36.1 Å². The van der Waals surface area contributed by atoms with Crippen LogP contribution in [0.1, 0.15) is 18.4 Å². The molecule has 0 nitrogen and oxygen atoms in total. The lowest BCUT2D eigenvalue weighted by molar-refractivity contribution is 0.967. The maximum absolute atomic E-state index is 5.54. The molecule has 72 valence electrons. The number of hydrogen-bond acceptors (Lipinski definition) is 0. The second kappa shape index (κ2) is 7.24. The summed E-state index contributed by atoms with van der Waals surface area (Å²) in [6.45, 7) is 0. The summed E-state index contributed by atoms with van der Waals surface area (Å²) < 4.78 is 0. The summed E-state index contributed by atoms with van der Waals surface area (Å²) in [5.74, 6) is 6.76. The second-order valence-corrected chi connectivity index (χ2v) is 3.25. The van der Waals surface area contributed by atoms with Crippen LogP contribution in [0.25, 0.3) is 0 Å². The number of rotatable bonds is 3. The molecule has 1 aromatic carbocycles. The molecule has 0 unspecified atom stereocenters. The molecule has 1 heteroatoms. The maximum atomic E-state index is 5.54. The average molecular weight is 205 g/mol. The highest BCUT2D eigenvalue weighted by Crippen LogP contribution is 1.95. The normalized spacial score (nSPS) is 9.79. The molecule has 1 aromatic rings. The number of unbranched alkanes of at least 4 members (excludes halogenated alkanes) is 1. The smallest absolute Gasteiger partial charge is 0.0248 e. The lowest BCUT2D eigenvalue weighted by atomic mass is 10.2. The van der Waals surface area contributed by atoms with Crippen molar-refractivity contribution in [2.75, 3.05) is 5.88 Å². The number of allylic oxidation sites excluding steroid dienone is 2. The summed E-state index contributed by atoms with van der Waals surface area (Å²) in [5.41, 5.74) is 1.05. The van der Waals surface area contributed by atoms with Crippen molar-refractivity contribution in [2.45, 2.75) is 12.8 Å². The van der Waals surface area contributed by atoms with Crippen molar-refractivity contribution in [3.05, 3.63) is 48.0 Å². The molecule has 0 N–H and O–H groups in total. The van der Waals surface area contributed by atoms with E-state index in [1.807, 2.05) is 36.4 Å². The van der Waals surface area contributed by atoms with Crippen LogP contribution >= 0.6 is 11.6 Å². The van der Waals surface area contributed by atoms with E-state index < -0.39 is 0 Å². The zero-order valence-corrected chi connectivity index (χ0v) is 8.80. The number of benzene rings is 1. The van der Waals surface area contributed by atoms with Crippen molar-refractivity contribution in [1.82, 2.24) is 0 Å². The first-order chi connectivity index (χ1) is 6.93. The Bertz CT molecular complexity index is 327. The Kier molecular flexibility index (Phi) is 5.63. The van der Waals surface area contributed by atoms with Gasteiger partial charge in [-0.3, -0.25) is 0 Å². The van der Waals surface area contributed by atoms with Gasteiger partial charge in [0.25, 0.3) is 0 Å². The third kappa shape index (κ3) is 4.74. The summed E-state index contributed by atoms with van der Waals surface area (Å²) in [4.78, 5) is 0. The van der Waals surface area contributed by atoms with E-state index in [0.29, 0.717) is 0 Å². The Morgan fingerprint density at radius 1 is 1.21 bits per heavy atom. The molecule has 1 rings (SSSR count). The maximum Gasteiger partial charge on any atom is 0.0248 e. The second-order valence-electron chi connectivity index (χ2n) is 2.87. The van der Waals surface area contributed by atoms with Gasteiger partial charge in [-0.2, -0.15) is 0 Å². The summed E-state index contributed by atoms with van der Waals surface area (Å²) in [5, 5.41) is 0. The third-order valence-electron chi connectivity index (χ3n) is 1.70. The highest BCUT2D eigenvalue weighted by molar-refractivity contribution is 6.17. The predicted octanol–water partition coefficient (Wildman–Crippen LogP) is 3.61. The fourth-order valence-corrected chi connectivity index (χ4v) is 1.14. The summed E-state index contributed by atoms with van der Waals surface area (Å²) in [6, 6.07) is 9.96. The molecule has 0 aliphatic rings. The van der Waals surface area contributed by atoms with Crippen LogP contribution in [-0.4, -0.2) is 5.88 Å². The Balaban J connectivity index is 2.37. The van der Waals surface area contributed by atoms with E-state index in [-0.39, 0.29) is 0 Å². The van der Waals surface area contributed by atoms with E-state index in [2.05, 4.69) is 17.9 Å². The van der Waals surface area contributed by atoms with Crippen LogP contribution in [0, 0.1) is 11.8 Å². The molecular weight excluding hydrogens is 192 g/mol. The zero-order valence-electron chi connectivity index (χ0n) is 8.04. The van der Waals surface area contributed by atoms with E-state index in [4.69, 9.17) is 11.6 Å². The summed E-state index contributed by atoms with van der Waals surface area (Å²) >= 11 is 5.54. The molecule has 0 radical (unpaired) electrons. The number of hydrogen-bond donors (Lipinski definition) is 0. The molecule has 0 fully saturated rings. The fourth-order valence-electron chi connectivity index (χ4n) is 0.984. The topological polar surface area (TPSA) is 0 Å². The van der Waals surface area contributed by atoms with Crippen molar-refractivity contribution >= 4 is 11.6 Å². The van der Waals surface area contributed by atoms with Gasteiger partial charge in [-0.15, -0.1) is 11.6 Å². The lowest BCUT2D eigenvalue weighted by Crippen LogP contribution is -1.71. The minimum Gasteiger partial charge on any atom is -0.127 e. The fraction of sp³-hybridized carbons (Fsp3) is 0.231. The molecule has 14 heavy (non-hydrogen) atoms. The quantitative estimate of drug-likeness (QED) is 0.401. The molecule has 0 aliphatic heterocycles. The minimum absolute atomic E-state index is 0.719. The first-order valence-corrected chi connectivity index (χ1v) is 5.24. The van der Waals surface area contributed by atoms with Crippen molar-refractivity contribution in [1.29, 1.82) is 0 Å². The van der Waals surface area contributed by atoms with E-state index >= 15 is 0 Å². The number of alkyl halides is 1. The molecule has 0 aromatic heterocycles.